The number of nitrogens with zero attached hydrogens (tertiary/aromatic N) is 1. The highest BCUT2D eigenvalue weighted by Crippen LogP contribution is 2.17. The number of rotatable bonds is 58. The Hall–Kier alpha value is -3.53. The first-order valence-corrected chi connectivity index (χ1v) is 31.7. The fraction of sp³-hybridized carbons (Fsp3) is 0.750. The van der Waals surface area contributed by atoms with Crippen LogP contribution >= 0.6 is 0 Å². The van der Waals surface area contributed by atoms with Gasteiger partial charge < -0.3 is 33.3 Å². The van der Waals surface area contributed by atoms with Gasteiger partial charge in [0.15, 0.2) is 12.4 Å². The average molecular weight is 1080 g/mol. The van der Waals surface area contributed by atoms with Gasteiger partial charge in [-0.1, -0.05) is 272 Å². The number of carbonyl (C=O) groups is 3. The minimum Gasteiger partial charge on any atom is -0.545 e. The largest absolute Gasteiger partial charge is 0.545 e. The zero-order valence-corrected chi connectivity index (χ0v) is 50.6. The zero-order valence-electron chi connectivity index (χ0n) is 50.6. The Labute approximate surface area is 474 Å². The predicted octanol–water partition coefficient (Wildman–Crippen LogP) is 17.8. The van der Waals surface area contributed by atoms with Crippen LogP contribution in [-0.2, 0) is 33.3 Å². The number of unbranched alkanes of at least 4 members (excludes halogenated alkanes) is 29. The first-order chi connectivity index (χ1) is 37.6. The van der Waals surface area contributed by atoms with Crippen molar-refractivity contribution in [1.29, 1.82) is 0 Å². The van der Waals surface area contributed by atoms with E-state index in [4.69, 9.17) is 18.9 Å². The van der Waals surface area contributed by atoms with Crippen molar-refractivity contribution in [3.63, 3.8) is 0 Å². The molecular weight excluding hydrogens is 959 g/mol. The molecule has 0 saturated heterocycles. The second-order valence-electron chi connectivity index (χ2n) is 22.3. The number of carboxylic acids is 1. The van der Waals surface area contributed by atoms with Gasteiger partial charge in [0.1, 0.15) is 13.2 Å². The summed E-state index contributed by atoms with van der Waals surface area (Å²) in [5, 5.41) is 11.8. The highest BCUT2D eigenvalue weighted by atomic mass is 16.7. The Morgan fingerprint density at radius 3 is 1.10 bits per heavy atom. The van der Waals surface area contributed by atoms with E-state index in [2.05, 4.69) is 98.9 Å². The Kier molecular flexibility index (Phi) is 55.9. The normalized spacial score (nSPS) is 13.3. The summed E-state index contributed by atoms with van der Waals surface area (Å²) in [6.07, 6.45) is 75.3. The SMILES string of the molecule is CC/C=C\C/C=C\C/C=C\C/C=C\C/C=C\C/C=C\C/C=C\CCCCCCCCCCCCCCCCCCCCCC(=O)OC(COC(=O)CCCCCCCCCCCCC)COC(OCC[N+](C)(C)C)C(=O)[O-]. The fourth-order valence-corrected chi connectivity index (χ4v) is 8.81. The summed E-state index contributed by atoms with van der Waals surface area (Å²) in [5.41, 5.74) is 0. The van der Waals surface area contributed by atoms with Crippen molar-refractivity contribution in [2.24, 2.45) is 0 Å². The van der Waals surface area contributed by atoms with Gasteiger partial charge in [-0.2, -0.15) is 0 Å². The summed E-state index contributed by atoms with van der Waals surface area (Å²) >= 11 is 0. The van der Waals surface area contributed by atoms with Crippen LogP contribution in [0.25, 0.3) is 0 Å². The van der Waals surface area contributed by atoms with E-state index in [1.807, 2.05) is 21.1 Å². The second kappa shape index (κ2) is 58.6. The van der Waals surface area contributed by atoms with Crippen LogP contribution in [0.5, 0.6) is 0 Å². The fourth-order valence-electron chi connectivity index (χ4n) is 8.81. The van der Waals surface area contributed by atoms with Gasteiger partial charge >= 0.3 is 11.9 Å². The van der Waals surface area contributed by atoms with Gasteiger partial charge in [0.2, 0.25) is 0 Å². The summed E-state index contributed by atoms with van der Waals surface area (Å²) in [7, 11) is 5.92. The van der Waals surface area contributed by atoms with Crippen LogP contribution in [0.1, 0.15) is 271 Å². The molecule has 0 N–H and O–H groups in total. The van der Waals surface area contributed by atoms with Gasteiger partial charge in [0.25, 0.3) is 0 Å². The van der Waals surface area contributed by atoms with Crippen LogP contribution < -0.4 is 5.11 Å². The molecule has 2 unspecified atom stereocenters. The molecule has 9 heteroatoms. The maximum atomic E-state index is 12.9. The topological polar surface area (TPSA) is 111 Å². The monoisotopic (exact) mass is 1080 g/mol. The van der Waals surface area contributed by atoms with Crippen molar-refractivity contribution in [3.8, 4) is 0 Å². The number of likely N-dealkylation sites (N-methyl/N-ethyl adjacent to an activating group) is 1. The molecule has 0 aromatic rings. The number of carbonyl (C=O) groups excluding carboxylic acids is 3. The molecule has 2 atom stereocenters. The molecule has 0 aromatic carbocycles. The van der Waals surface area contributed by atoms with E-state index in [0.717, 1.165) is 77.0 Å². The average Bonchev–Trinajstić information content (AvgIpc) is 3.40. The van der Waals surface area contributed by atoms with Gasteiger partial charge in [0.05, 0.1) is 40.3 Å². The number of quaternary nitrogens is 1. The van der Waals surface area contributed by atoms with Crippen molar-refractivity contribution in [2.45, 2.75) is 283 Å². The smallest absolute Gasteiger partial charge is 0.306 e. The van der Waals surface area contributed by atoms with Crippen LogP contribution in [0.2, 0.25) is 0 Å². The Morgan fingerprint density at radius 1 is 0.403 bits per heavy atom. The van der Waals surface area contributed by atoms with Gasteiger partial charge in [0, 0.05) is 12.8 Å². The lowest BCUT2D eigenvalue weighted by molar-refractivity contribution is -0.870. The Morgan fingerprint density at radius 2 is 0.740 bits per heavy atom. The summed E-state index contributed by atoms with van der Waals surface area (Å²) in [6.45, 7) is 4.64. The number of ether oxygens (including phenoxy) is 4. The number of allylic oxidation sites excluding steroid dienone is 14. The lowest BCUT2D eigenvalue weighted by Crippen LogP contribution is -2.44. The summed E-state index contributed by atoms with van der Waals surface area (Å²) in [6, 6.07) is 0. The van der Waals surface area contributed by atoms with Crippen LogP contribution in [0.4, 0.5) is 0 Å². The number of carboxylic acid groups (broad SMARTS) is 1. The molecule has 9 nitrogen and oxygen atoms in total. The lowest BCUT2D eigenvalue weighted by Gasteiger charge is -2.26. The van der Waals surface area contributed by atoms with Gasteiger partial charge in [-0.25, -0.2) is 0 Å². The molecule has 0 radical (unpaired) electrons. The molecule has 0 aliphatic carbocycles. The first kappa shape index (κ1) is 73.5. The minimum absolute atomic E-state index is 0.148. The van der Waals surface area contributed by atoms with E-state index in [0.29, 0.717) is 23.9 Å². The molecule has 0 heterocycles. The molecule has 444 valence electrons. The van der Waals surface area contributed by atoms with Crippen LogP contribution in [0.15, 0.2) is 85.1 Å². The van der Waals surface area contributed by atoms with Crippen LogP contribution in [0, 0.1) is 0 Å². The molecule has 0 saturated carbocycles. The van der Waals surface area contributed by atoms with Crippen LogP contribution in [-0.4, -0.2) is 82.3 Å². The molecule has 0 fully saturated rings. The van der Waals surface area contributed by atoms with Crippen molar-refractivity contribution in [3.05, 3.63) is 85.1 Å². The summed E-state index contributed by atoms with van der Waals surface area (Å²) in [5.74, 6) is -2.27. The maximum Gasteiger partial charge on any atom is 0.306 e. The van der Waals surface area contributed by atoms with Crippen LogP contribution in [0.3, 0.4) is 0 Å². The number of hydrogen-bond donors (Lipinski definition) is 0. The van der Waals surface area contributed by atoms with Crippen molar-refractivity contribution < 1.29 is 42.9 Å². The molecule has 0 aliphatic heterocycles. The minimum atomic E-state index is -1.62. The number of aliphatic carboxylic acids is 1. The highest BCUT2D eigenvalue weighted by Gasteiger charge is 2.22. The Bertz CT molecular complexity index is 1540. The number of hydrogen-bond acceptors (Lipinski definition) is 8. The molecule has 0 aliphatic rings. The van der Waals surface area contributed by atoms with E-state index in [-0.39, 0.29) is 32.2 Å². The van der Waals surface area contributed by atoms with Crippen molar-refractivity contribution in [2.75, 3.05) is 47.5 Å². The zero-order chi connectivity index (χ0) is 56.2. The molecule has 0 spiro atoms. The third kappa shape index (κ3) is 60.0. The molecule has 0 bridgehead atoms. The van der Waals surface area contributed by atoms with E-state index in [1.54, 1.807) is 0 Å². The summed E-state index contributed by atoms with van der Waals surface area (Å²) in [4.78, 5) is 37.2. The van der Waals surface area contributed by atoms with Crippen molar-refractivity contribution in [1.82, 2.24) is 0 Å². The maximum absolute atomic E-state index is 12.9. The molecular formula is C68H119NO8. The van der Waals surface area contributed by atoms with Crippen molar-refractivity contribution >= 4 is 17.9 Å². The second-order valence-corrected chi connectivity index (χ2v) is 22.3. The third-order valence-corrected chi connectivity index (χ3v) is 13.7. The predicted molar refractivity (Wildman–Crippen MR) is 324 cm³/mol. The van der Waals surface area contributed by atoms with E-state index in [9.17, 15) is 19.5 Å². The lowest BCUT2D eigenvalue weighted by atomic mass is 10.0. The first-order valence-electron chi connectivity index (χ1n) is 31.7. The third-order valence-electron chi connectivity index (χ3n) is 13.7. The van der Waals surface area contributed by atoms with E-state index in [1.165, 1.54) is 161 Å². The Balaban J connectivity index is 3.95. The van der Waals surface area contributed by atoms with Gasteiger partial charge in [-0.05, 0) is 70.6 Å². The quantitative estimate of drug-likeness (QED) is 0.0195. The molecule has 0 rings (SSSR count). The molecule has 0 amide bonds. The highest BCUT2D eigenvalue weighted by molar-refractivity contribution is 5.70. The number of esters is 2. The molecule has 77 heavy (non-hydrogen) atoms. The van der Waals surface area contributed by atoms with E-state index < -0.39 is 24.3 Å². The van der Waals surface area contributed by atoms with Gasteiger partial charge in [-0.15, -0.1) is 0 Å². The standard InChI is InChI=1S/C68H119NO8/c1-6-8-10-12-14-16-18-19-20-21-22-23-24-25-26-27-28-29-30-31-32-33-34-35-36-37-38-39-40-41-42-43-44-45-46-47-49-51-53-55-57-59-66(71)77-64(63-76-68(67(72)73)74-61-60-69(3,4)5)62-75-65(70)58-56-54-52-50-48-17-15-13-11-9-7-2/h8,10,14,16,19-20,22-23,25-26,28-29,31-32,64,68H,6-7,9,11-13,15,17-18,21,24,27,30,33-63H2,1-5H3/b10-8-,16-14-,20-19-,23-22-,26-25-,29-28-,32-31-. The molecule has 0 aromatic heterocycles. The van der Waals surface area contributed by atoms with Gasteiger partial charge in [-0.3, -0.25) is 9.59 Å². The summed E-state index contributed by atoms with van der Waals surface area (Å²) < 4.78 is 22.7. The van der Waals surface area contributed by atoms with E-state index >= 15 is 0 Å².